The lowest BCUT2D eigenvalue weighted by atomic mass is 10.1. The molecule has 1 N–H and O–H groups in total. The summed E-state index contributed by atoms with van der Waals surface area (Å²) in [5.74, 6) is -0.146. The number of aryl methyl sites for hydroxylation is 3. The lowest BCUT2D eigenvalue weighted by Gasteiger charge is -2.11. The fourth-order valence-corrected chi connectivity index (χ4v) is 3.48. The number of amides is 1. The Morgan fingerprint density at radius 3 is 2.50 bits per heavy atom. The Bertz CT molecular complexity index is 1160. The topological polar surface area (TPSA) is 59.8 Å². The van der Waals surface area contributed by atoms with Gasteiger partial charge in [0.2, 0.25) is 0 Å². The van der Waals surface area contributed by atoms with Crippen molar-refractivity contribution in [3.8, 4) is 5.69 Å². The molecule has 0 atom stereocenters. The number of pyridine rings is 1. The van der Waals surface area contributed by atoms with Crippen molar-refractivity contribution in [2.45, 2.75) is 27.2 Å². The first-order valence-electron chi connectivity index (χ1n) is 9.40. The Hall–Kier alpha value is -3.47. The number of anilines is 1. The Morgan fingerprint density at radius 2 is 1.75 bits per heavy atom. The molecule has 1 amide bonds. The summed E-state index contributed by atoms with van der Waals surface area (Å²) in [5, 5.41) is 8.51. The second-order valence-electron chi connectivity index (χ2n) is 6.81. The van der Waals surface area contributed by atoms with Gasteiger partial charge in [-0.15, -0.1) is 0 Å². The van der Waals surface area contributed by atoms with Crippen LogP contribution in [0.4, 0.5) is 5.69 Å². The molecule has 0 aliphatic rings. The summed E-state index contributed by atoms with van der Waals surface area (Å²) in [4.78, 5) is 17.8. The van der Waals surface area contributed by atoms with Crippen LogP contribution in [0, 0.1) is 13.8 Å². The van der Waals surface area contributed by atoms with Gasteiger partial charge < -0.3 is 5.32 Å². The zero-order valence-corrected chi connectivity index (χ0v) is 16.2. The van der Waals surface area contributed by atoms with E-state index in [1.807, 2.05) is 74.5 Å². The number of hydrogen-bond acceptors (Lipinski definition) is 3. The van der Waals surface area contributed by atoms with Crippen molar-refractivity contribution in [1.29, 1.82) is 0 Å². The minimum absolute atomic E-state index is 0.146. The van der Waals surface area contributed by atoms with Crippen molar-refractivity contribution in [3.05, 3.63) is 83.2 Å². The molecule has 2 heterocycles. The number of nitrogens with zero attached hydrogens (tertiary/aromatic N) is 3. The van der Waals surface area contributed by atoms with E-state index in [4.69, 9.17) is 0 Å². The van der Waals surface area contributed by atoms with Crippen LogP contribution < -0.4 is 5.32 Å². The smallest absolute Gasteiger partial charge is 0.256 e. The van der Waals surface area contributed by atoms with Gasteiger partial charge in [-0.05, 0) is 50.1 Å². The highest BCUT2D eigenvalue weighted by Crippen LogP contribution is 2.26. The normalized spacial score (nSPS) is 11.0. The van der Waals surface area contributed by atoms with E-state index in [2.05, 4.69) is 22.3 Å². The summed E-state index contributed by atoms with van der Waals surface area (Å²) in [7, 11) is 0. The molecule has 0 saturated carbocycles. The molecule has 4 rings (SSSR count). The molecule has 0 saturated heterocycles. The number of rotatable bonds is 4. The van der Waals surface area contributed by atoms with Crippen LogP contribution in [0.3, 0.4) is 0 Å². The SMILES string of the molecule is CCc1ccccc1NC(=O)c1cc(C)nc2c1c(C)nn2-c1ccccc1. The lowest BCUT2D eigenvalue weighted by molar-refractivity contribution is 0.102. The summed E-state index contributed by atoms with van der Waals surface area (Å²) in [6.45, 7) is 5.89. The minimum atomic E-state index is -0.146. The zero-order chi connectivity index (χ0) is 19.7. The number of hydrogen-bond donors (Lipinski definition) is 1. The number of carbonyl (C=O) groups excluding carboxylic acids is 1. The molecule has 5 nitrogen and oxygen atoms in total. The molecule has 28 heavy (non-hydrogen) atoms. The van der Waals surface area contributed by atoms with Gasteiger partial charge in [-0.2, -0.15) is 5.10 Å². The third-order valence-electron chi connectivity index (χ3n) is 4.83. The van der Waals surface area contributed by atoms with E-state index in [0.29, 0.717) is 11.2 Å². The molecule has 4 aromatic rings. The Kier molecular flexibility index (Phi) is 4.65. The highest BCUT2D eigenvalue weighted by molar-refractivity contribution is 6.13. The molecule has 0 aliphatic heterocycles. The molecule has 0 unspecified atom stereocenters. The first kappa shape index (κ1) is 17.9. The molecule has 140 valence electrons. The molecular weight excluding hydrogens is 348 g/mol. The number of carbonyl (C=O) groups is 1. The van der Waals surface area contributed by atoms with E-state index in [-0.39, 0.29) is 5.91 Å². The molecule has 2 aromatic carbocycles. The monoisotopic (exact) mass is 370 g/mol. The molecule has 0 radical (unpaired) electrons. The molecule has 0 fully saturated rings. The minimum Gasteiger partial charge on any atom is -0.322 e. The van der Waals surface area contributed by atoms with E-state index in [1.165, 1.54) is 0 Å². The summed E-state index contributed by atoms with van der Waals surface area (Å²) in [5.41, 5.74) is 5.70. The molecule has 0 aliphatic carbocycles. The highest BCUT2D eigenvalue weighted by Gasteiger charge is 2.20. The first-order valence-corrected chi connectivity index (χ1v) is 9.40. The van der Waals surface area contributed by atoms with Crippen LogP contribution in [0.2, 0.25) is 0 Å². The maximum absolute atomic E-state index is 13.2. The van der Waals surface area contributed by atoms with Gasteiger partial charge in [0.25, 0.3) is 5.91 Å². The Balaban J connectivity index is 1.84. The number of aromatic nitrogens is 3. The van der Waals surface area contributed by atoms with Crippen molar-refractivity contribution in [3.63, 3.8) is 0 Å². The van der Waals surface area contributed by atoms with Crippen molar-refractivity contribution in [2.24, 2.45) is 0 Å². The van der Waals surface area contributed by atoms with E-state index in [1.54, 1.807) is 4.68 Å². The third kappa shape index (κ3) is 3.16. The zero-order valence-electron chi connectivity index (χ0n) is 16.2. The third-order valence-corrected chi connectivity index (χ3v) is 4.83. The fourth-order valence-electron chi connectivity index (χ4n) is 3.48. The number of benzene rings is 2. The molecule has 5 heteroatoms. The summed E-state index contributed by atoms with van der Waals surface area (Å²) >= 11 is 0. The predicted octanol–water partition coefficient (Wildman–Crippen LogP) is 4.85. The lowest BCUT2D eigenvalue weighted by Crippen LogP contribution is -2.14. The van der Waals surface area contributed by atoms with Gasteiger partial charge in [0, 0.05) is 11.4 Å². The van der Waals surface area contributed by atoms with Crippen molar-refractivity contribution >= 4 is 22.6 Å². The second kappa shape index (κ2) is 7.27. The quantitative estimate of drug-likeness (QED) is 0.558. The van der Waals surface area contributed by atoms with Gasteiger partial charge in [0.05, 0.1) is 22.3 Å². The maximum Gasteiger partial charge on any atom is 0.256 e. The van der Waals surface area contributed by atoms with Crippen molar-refractivity contribution in [1.82, 2.24) is 14.8 Å². The Morgan fingerprint density at radius 1 is 1.04 bits per heavy atom. The van der Waals surface area contributed by atoms with Crippen LogP contribution in [0.1, 0.15) is 34.2 Å². The Labute approximate surface area is 164 Å². The number of nitrogens with one attached hydrogen (secondary N) is 1. The molecular formula is C23H22N4O. The van der Waals surface area contributed by atoms with E-state index < -0.39 is 0 Å². The average molecular weight is 370 g/mol. The second-order valence-corrected chi connectivity index (χ2v) is 6.81. The number of fused-ring (bicyclic) bond motifs is 1. The predicted molar refractivity (Wildman–Crippen MR) is 112 cm³/mol. The fraction of sp³-hybridized carbons (Fsp3) is 0.174. The highest BCUT2D eigenvalue weighted by atomic mass is 16.1. The molecule has 0 spiro atoms. The van der Waals surface area contributed by atoms with Gasteiger partial charge in [-0.3, -0.25) is 4.79 Å². The van der Waals surface area contributed by atoms with Crippen molar-refractivity contribution < 1.29 is 4.79 Å². The van der Waals surface area contributed by atoms with Crippen LogP contribution in [0.25, 0.3) is 16.7 Å². The molecule has 0 bridgehead atoms. The van der Waals surface area contributed by atoms with Crippen LogP contribution >= 0.6 is 0 Å². The standard InChI is InChI=1S/C23H22N4O/c1-4-17-10-8-9-13-20(17)25-23(28)19-14-15(2)24-22-21(19)16(3)26-27(22)18-11-6-5-7-12-18/h5-14H,4H2,1-3H3,(H,25,28). The van der Waals surface area contributed by atoms with Gasteiger partial charge in [0.15, 0.2) is 5.65 Å². The van der Waals surface area contributed by atoms with E-state index in [0.717, 1.165) is 40.1 Å². The average Bonchev–Trinajstić information content (AvgIpc) is 3.04. The van der Waals surface area contributed by atoms with Crippen LogP contribution in [0.5, 0.6) is 0 Å². The summed E-state index contributed by atoms with van der Waals surface area (Å²) < 4.78 is 1.80. The van der Waals surface area contributed by atoms with Crippen molar-refractivity contribution in [2.75, 3.05) is 5.32 Å². The van der Waals surface area contributed by atoms with Crippen LogP contribution in [0.15, 0.2) is 60.7 Å². The van der Waals surface area contributed by atoms with E-state index in [9.17, 15) is 4.79 Å². The van der Waals surface area contributed by atoms with Crippen LogP contribution in [-0.2, 0) is 6.42 Å². The van der Waals surface area contributed by atoms with Gasteiger partial charge in [-0.1, -0.05) is 43.3 Å². The largest absolute Gasteiger partial charge is 0.322 e. The summed E-state index contributed by atoms with van der Waals surface area (Å²) in [6.07, 6.45) is 0.853. The van der Waals surface area contributed by atoms with Gasteiger partial charge >= 0.3 is 0 Å². The van der Waals surface area contributed by atoms with Crippen LogP contribution in [-0.4, -0.2) is 20.7 Å². The number of para-hydroxylation sites is 2. The van der Waals surface area contributed by atoms with Gasteiger partial charge in [-0.25, -0.2) is 9.67 Å². The maximum atomic E-state index is 13.2. The molecule has 2 aromatic heterocycles. The summed E-state index contributed by atoms with van der Waals surface area (Å²) in [6, 6.07) is 19.6. The first-order chi connectivity index (χ1) is 13.6. The van der Waals surface area contributed by atoms with E-state index >= 15 is 0 Å². The van der Waals surface area contributed by atoms with Gasteiger partial charge in [0.1, 0.15) is 0 Å².